The molecule has 2 bridgehead atoms. The smallest absolute Gasteiger partial charge is 0.0873 e. The van der Waals surface area contributed by atoms with Crippen LogP contribution in [0.2, 0.25) is 0 Å². The lowest BCUT2D eigenvalue weighted by molar-refractivity contribution is 0.132. The summed E-state index contributed by atoms with van der Waals surface area (Å²) in [4.78, 5) is 6.54. The van der Waals surface area contributed by atoms with Gasteiger partial charge in [-0.25, -0.2) is 0 Å². The maximum atomic E-state index is 9.83. The molecule has 1 saturated heterocycles. The van der Waals surface area contributed by atoms with E-state index in [-0.39, 0.29) is 12.1 Å². The first-order valence-electron chi connectivity index (χ1n) is 6.84. The molecular weight excluding hydrogens is 350 g/mol. The first-order chi connectivity index (χ1) is 10.0. The van der Waals surface area contributed by atoms with Crippen molar-refractivity contribution in [3.63, 3.8) is 0 Å². The number of hydrogen-bond acceptors (Lipinski definition) is 3. The highest BCUT2D eigenvalue weighted by atomic mass is 79.9. The largest absolute Gasteiger partial charge is 0.285 e. The number of piperidine rings is 1. The lowest BCUT2D eigenvalue weighted by atomic mass is 9.71. The van der Waals surface area contributed by atoms with E-state index in [1.807, 2.05) is 12.3 Å². The first kappa shape index (κ1) is 14.8. The van der Waals surface area contributed by atoms with Crippen molar-refractivity contribution in [2.45, 2.75) is 30.3 Å². The zero-order valence-corrected chi connectivity index (χ0v) is 13.8. The third-order valence-electron chi connectivity index (χ3n) is 4.35. The summed E-state index contributed by atoms with van der Waals surface area (Å²) in [5.74, 6) is 0. The van der Waals surface area contributed by atoms with E-state index in [1.165, 1.54) is 0 Å². The SMILES string of the molecule is C=C(Cl)CN1[C@@H]2C=C[C@H]1CC(C#N)(c1cncc(Br)c1)C2. The Balaban J connectivity index is 1.92. The molecule has 3 rings (SSSR count). The fraction of sp³-hybridized carbons (Fsp3) is 0.375. The van der Waals surface area contributed by atoms with Gasteiger partial charge in [0.2, 0.25) is 0 Å². The van der Waals surface area contributed by atoms with Gasteiger partial charge in [-0.2, -0.15) is 5.26 Å². The molecule has 1 aromatic heterocycles. The van der Waals surface area contributed by atoms with Crippen LogP contribution in [0, 0.1) is 11.3 Å². The summed E-state index contributed by atoms with van der Waals surface area (Å²) in [7, 11) is 0. The van der Waals surface area contributed by atoms with Crippen LogP contribution in [0.15, 0.2) is 46.7 Å². The van der Waals surface area contributed by atoms with Gasteiger partial charge in [0.05, 0.1) is 11.5 Å². The maximum absolute atomic E-state index is 9.83. The second-order valence-corrected chi connectivity index (χ2v) is 7.15. The summed E-state index contributed by atoms with van der Waals surface area (Å²) >= 11 is 9.41. The molecular formula is C16H15BrClN3. The van der Waals surface area contributed by atoms with Gasteiger partial charge in [-0.1, -0.05) is 30.3 Å². The molecule has 0 amide bonds. The van der Waals surface area contributed by atoms with Crippen molar-refractivity contribution in [1.29, 1.82) is 5.26 Å². The topological polar surface area (TPSA) is 39.9 Å². The molecule has 21 heavy (non-hydrogen) atoms. The predicted octanol–water partition coefficient (Wildman–Crippen LogP) is 3.76. The molecule has 0 saturated carbocycles. The van der Waals surface area contributed by atoms with Crippen LogP contribution in [0.25, 0.3) is 0 Å². The normalized spacial score (nSPS) is 31.1. The Morgan fingerprint density at radius 1 is 1.48 bits per heavy atom. The fourth-order valence-corrected chi connectivity index (χ4v) is 3.89. The highest BCUT2D eigenvalue weighted by Crippen LogP contribution is 2.44. The quantitative estimate of drug-likeness (QED) is 0.767. The lowest BCUT2D eigenvalue weighted by Gasteiger charge is -2.43. The van der Waals surface area contributed by atoms with Crippen LogP contribution in [0.1, 0.15) is 18.4 Å². The predicted molar refractivity (Wildman–Crippen MR) is 86.9 cm³/mol. The lowest BCUT2D eigenvalue weighted by Crippen LogP contribution is -2.50. The third-order valence-corrected chi connectivity index (χ3v) is 4.90. The Bertz CT molecular complexity index is 633. The summed E-state index contributed by atoms with van der Waals surface area (Å²) in [6.07, 6.45) is 9.46. The third kappa shape index (κ3) is 2.66. The molecule has 3 nitrogen and oxygen atoms in total. The van der Waals surface area contributed by atoms with Gasteiger partial charge in [0.25, 0.3) is 0 Å². The molecule has 108 valence electrons. The van der Waals surface area contributed by atoms with Crippen molar-refractivity contribution < 1.29 is 0 Å². The van der Waals surface area contributed by atoms with Gasteiger partial charge in [-0.05, 0) is 40.4 Å². The summed E-state index contributed by atoms with van der Waals surface area (Å²) in [5, 5.41) is 10.5. The molecule has 1 unspecified atom stereocenters. The van der Waals surface area contributed by atoms with Crippen molar-refractivity contribution in [3.8, 4) is 6.07 Å². The number of halogens is 2. The summed E-state index contributed by atoms with van der Waals surface area (Å²) in [6, 6.07) is 5.03. The molecule has 0 aliphatic carbocycles. The molecule has 0 spiro atoms. The zero-order chi connectivity index (χ0) is 15.0. The number of nitrogens with zero attached hydrogens (tertiary/aromatic N) is 3. The second-order valence-electron chi connectivity index (χ2n) is 5.70. The maximum Gasteiger partial charge on any atom is 0.0873 e. The van der Waals surface area contributed by atoms with Crippen LogP contribution in [-0.2, 0) is 5.41 Å². The standard InChI is InChI=1S/C16H15BrClN3/c1-11(18)9-21-14-2-3-15(21)6-16(5-14,10-19)12-4-13(17)8-20-7-12/h2-4,7-8,14-15H,1,5-6,9H2/t14-,15+,16?. The van der Waals surface area contributed by atoms with Crippen molar-refractivity contribution in [1.82, 2.24) is 9.88 Å². The molecule has 2 aliphatic rings. The second kappa shape index (κ2) is 5.57. The molecule has 5 heteroatoms. The molecule has 3 atom stereocenters. The van der Waals surface area contributed by atoms with Crippen molar-refractivity contribution >= 4 is 27.5 Å². The summed E-state index contributed by atoms with van der Waals surface area (Å²) < 4.78 is 0.909. The Morgan fingerprint density at radius 3 is 2.67 bits per heavy atom. The van der Waals surface area contributed by atoms with E-state index in [4.69, 9.17) is 11.6 Å². The number of pyridine rings is 1. The van der Waals surface area contributed by atoms with E-state index in [1.54, 1.807) is 6.20 Å². The van der Waals surface area contributed by atoms with Gasteiger partial charge in [0.1, 0.15) is 0 Å². The Kier molecular flexibility index (Phi) is 3.92. The van der Waals surface area contributed by atoms with Crippen LogP contribution < -0.4 is 0 Å². The molecule has 0 aromatic carbocycles. The fourth-order valence-electron chi connectivity index (χ4n) is 3.39. The highest BCUT2D eigenvalue weighted by Gasteiger charge is 2.47. The van der Waals surface area contributed by atoms with E-state index in [0.29, 0.717) is 11.6 Å². The number of nitriles is 1. The van der Waals surface area contributed by atoms with Crippen LogP contribution >= 0.6 is 27.5 Å². The van der Waals surface area contributed by atoms with E-state index in [0.717, 1.165) is 22.9 Å². The van der Waals surface area contributed by atoms with E-state index in [2.05, 4.69) is 50.6 Å². The van der Waals surface area contributed by atoms with Gasteiger partial charge < -0.3 is 0 Å². The molecule has 0 radical (unpaired) electrons. The van der Waals surface area contributed by atoms with Gasteiger partial charge in [-0.3, -0.25) is 9.88 Å². The molecule has 2 aliphatic heterocycles. The van der Waals surface area contributed by atoms with Gasteiger partial charge in [-0.15, -0.1) is 0 Å². The summed E-state index contributed by atoms with van der Waals surface area (Å²) in [6.45, 7) is 4.46. The Labute approximate surface area is 138 Å². The van der Waals surface area contributed by atoms with Gasteiger partial charge >= 0.3 is 0 Å². The zero-order valence-electron chi connectivity index (χ0n) is 11.5. The number of rotatable bonds is 3. The van der Waals surface area contributed by atoms with Crippen molar-refractivity contribution in [3.05, 3.63) is 52.3 Å². The minimum absolute atomic E-state index is 0.234. The summed E-state index contributed by atoms with van der Waals surface area (Å²) in [5.41, 5.74) is 0.502. The molecule has 1 fully saturated rings. The number of aromatic nitrogens is 1. The van der Waals surface area contributed by atoms with E-state index in [9.17, 15) is 5.26 Å². The Hall–Kier alpha value is -1.15. The van der Waals surface area contributed by atoms with Crippen molar-refractivity contribution in [2.75, 3.05) is 6.54 Å². The average Bonchev–Trinajstić information content (AvgIpc) is 2.70. The first-order valence-corrected chi connectivity index (χ1v) is 8.01. The molecule has 0 N–H and O–H groups in total. The monoisotopic (exact) mass is 363 g/mol. The van der Waals surface area contributed by atoms with Gasteiger partial charge in [0, 0.05) is 40.5 Å². The average molecular weight is 365 g/mol. The van der Waals surface area contributed by atoms with E-state index < -0.39 is 5.41 Å². The highest BCUT2D eigenvalue weighted by molar-refractivity contribution is 9.10. The van der Waals surface area contributed by atoms with E-state index >= 15 is 0 Å². The van der Waals surface area contributed by atoms with Crippen LogP contribution in [0.3, 0.4) is 0 Å². The minimum Gasteiger partial charge on any atom is -0.285 e. The van der Waals surface area contributed by atoms with Gasteiger partial charge in [0.15, 0.2) is 0 Å². The van der Waals surface area contributed by atoms with Crippen LogP contribution in [-0.4, -0.2) is 28.5 Å². The van der Waals surface area contributed by atoms with Crippen molar-refractivity contribution in [2.24, 2.45) is 0 Å². The van der Waals surface area contributed by atoms with Crippen LogP contribution in [0.4, 0.5) is 0 Å². The molecule has 3 heterocycles. The van der Waals surface area contributed by atoms with Crippen LogP contribution in [0.5, 0.6) is 0 Å². The minimum atomic E-state index is -0.486. The number of hydrogen-bond donors (Lipinski definition) is 0. The number of fused-ring (bicyclic) bond motifs is 2. The Morgan fingerprint density at radius 2 is 2.14 bits per heavy atom. The molecule has 1 aromatic rings.